The quantitative estimate of drug-likeness (QED) is 0.896. The van der Waals surface area contributed by atoms with Crippen molar-refractivity contribution in [2.24, 2.45) is 11.3 Å². The minimum absolute atomic E-state index is 0.0383. The molecule has 3 rings (SSSR count). The predicted molar refractivity (Wildman–Crippen MR) is 103 cm³/mol. The first-order valence-electron chi connectivity index (χ1n) is 8.84. The van der Waals surface area contributed by atoms with Gasteiger partial charge in [0.1, 0.15) is 0 Å². The van der Waals surface area contributed by atoms with Crippen molar-refractivity contribution < 1.29 is 9.59 Å². The van der Waals surface area contributed by atoms with Gasteiger partial charge >= 0.3 is 0 Å². The molecule has 1 saturated heterocycles. The number of carbonyl (C=O) groups excluding carboxylic acids is 2. The predicted octanol–water partition coefficient (Wildman–Crippen LogP) is 3.43. The summed E-state index contributed by atoms with van der Waals surface area (Å²) in [6, 6.07) is 9.68. The number of hydrogen-bond acceptors (Lipinski definition) is 5. The lowest BCUT2D eigenvalue weighted by Crippen LogP contribution is -2.45. The van der Waals surface area contributed by atoms with Crippen molar-refractivity contribution >= 4 is 28.5 Å². The minimum Gasteiger partial charge on any atom is -0.342 e. The Morgan fingerprint density at radius 2 is 1.81 bits per heavy atom. The summed E-state index contributed by atoms with van der Waals surface area (Å²) in [5, 5.41) is 3.39. The zero-order valence-electron chi connectivity index (χ0n) is 15.4. The maximum absolute atomic E-state index is 12.5. The number of rotatable bonds is 3. The highest BCUT2D eigenvalue weighted by molar-refractivity contribution is 7.10. The third-order valence-corrected chi connectivity index (χ3v) is 5.11. The molecule has 2 aromatic rings. The van der Waals surface area contributed by atoms with E-state index in [1.54, 1.807) is 0 Å². The van der Waals surface area contributed by atoms with Crippen LogP contribution in [0.25, 0.3) is 11.4 Å². The molecule has 1 aliphatic heterocycles. The van der Waals surface area contributed by atoms with Crippen molar-refractivity contribution in [2.45, 2.75) is 33.6 Å². The molecule has 6 nitrogen and oxygen atoms in total. The van der Waals surface area contributed by atoms with Crippen molar-refractivity contribution in [3.8, 4) is 11.4 Å². The monoisotopic (exact) mass is 372 g/mol. The average molecular weight is 372 g/mol. The number of nitrogens with one attached hydrogen (secondary N) is 1. The topological polar surface area (TPSA) is 75.2 Å². The van der Waals surface area contributed by atoms with Crippen LogP contribution in [0.15, 0.2) is 30.3 Å². The number of nitrogens with zero attached hydrogens (tertiary/aromatic N) is 3. The van der Waals surface area contributed by atoms with Crippen LogP contribution in [0.2, 0.25) is 0 Å². The van der Waals surface area contributed by atoms with Gasteiger partial charge in [0.2, 0.25) is 16.9 Å². The summed E-state index contributed by atoms with van der Waals surface area (Å²) in [7, 11) is 0. The molecular weight excluding hydrogens is 348 g/mol. The maximum Gasteiger partial charge on any atom is 0.229 e. The van der Waals surface area contributed by atoms with Gasteiger partial charge in [-0.15, -0.1) is 0 Å². The number of anilines is 1. The molecule has 1 aliphatic rings. The third-order valence-electron chi connectivity index (χ3n) is 4.48. The lowest BCUT2D eigenvalue weighted by atomic mass is 9.91. The van der Waals surface area contributed by atoms with Crippen molar-refractivity contribution in [3.63, 3.8) is 0 Å². The summed E-state index contributed by atoms with van der Waals surface area (Å²) < 4.78 is 4.31. The van der Waals surface area contributed by atoms with Gasteiger partial charge in [0.15, 0.2) is 5.82 Å². The molecule has 0 atom stereocenters. The summed E-state index contributed by atoms with van der Waals surface area (Å²) >= 11 is 1.19. The molecule has 138 valence electrons. The van der Waals surface area contributed by atoms with Crippen LogP contribution in [0.4, 0.5) is 5.13 Å². The molecule has 0 unspecified atom stereocenters. The van der Waals surface area contributed by atoms with Crippen molar-refractivity contribution in [1.29, 1.82) is 0 Å². The standard InChI is InChI=1S/C19H24N4O2S/c1-19(2,3)17(25)23-11-9-14(10-12-23)16(24)21-18-20-15(22-26-18)13-7-5-4-6-8-13/h4-8,14H,9-12H2,1-3H3,(H,20,21,22,24). The molecule has 26 heavy (non-hydrogen) atoms. The van der Waals surface area contributed by atoms with Crippen molar-refractivity contribution in [3.05, 3.63) is 30.3 Å². The van der Waals surface area contributed by atoms with Gasteiger partial charge in [-0.25, -0.2) is 0 Å². The molecule has 0 bridgehead atoms. The van der Waals surface area contributed by atoms with Gasteiger partial charge in [-0.1, -0.05) is 51.1 Å². The van der Waals surface area contributed by atoms with Gasteiger partial charge in [-0.2, -0.15) is 9.36 Å². The van der Waals surface area contributed by atoms with E-state index in [0.717, 1.165) is 5.56 Å². The van der Waals surface area contributed by atoms with E-state index in [-0.39, 0.29) is 23.1 Å². The fourth-order valence-corrected chi connectivity index (χ4v) is 3.60. The van der Waals surface area contributed by atoms with E-state index in [9.17, 15) is 9.59 Å². The van der Waals surface area contributed by atoms with E-state index in [2.05, 4.69) is 14.7 Å². The average Bonchev–Trinajstić information content (AvgIpc) is 3.09. The largest absolute Gasteiger partial charge is 0.342 e. The number of likely N-dealkylation sites (tertiary alicyclic amines) is 1. The summed E-state index contributed by atoms with van der Waals surface area (Å²) in [5.41, 5.74) is 0.549. The molecular formula is C19H24N4O2S. The first kappa shape index (κ1) is 18.5. The van der Waals surface area contributed by atoms with E-state index in [1.165, 1.54) is 11.5 Å². The Bertz CT molecular complexity index is 774. The first-order valence-corrected chi connectivity index (χ1v) is 9.61. The molecule has 1 aromatic carbocycles. The van der Waals surface area contributed by atoms with Crippen LogP contribution in [0.1, 0.15) is 33.6 Å². The Labute approximate surface area is 157 Å². The highest BCUT2D eigenvalue weighted by atomic mass is 32.1. The van der Waals surface area contributed by atoms with Crippen molar-refractivity contribution in [1.82, 2.24) is 14.3 Å². The lowest BCUT2D eigenvalue weighted by Gasteiger charge is -2.35. The normalized spacial score (nSPS) is 15.7. The van der Waals surface area contributed by atoms with Crippen LogP contribution >= 0.6 is 11.5 Å². The molecule has 2 amide bonds. The first-order chi connectivity index (χ1) is 12.3. The number of carbonyl (C=O) groups is 2. The van der Waals surface area contributed by atoms with Gasteiger partial charge in [0.25, 0.3) is 0 Å². The smallest absolute Gasteiger partial charge is 0.229 e. The van der Waals surface area contributed by atoms with Gasteiger partial charge in [0, 0.05) is 41.5 Å². The highest BCUT2D eigenvalue weighted by Crippen LogP contribution is 2.26. The van der Waals surface area contributed by atoms with E-state index < -0.39 is 0 Å². The second kappa shape index (κ2) is 7.53. The number of piperidine rings is 1. The number of hydrogen-bond donors (Lipinski definition) is 1. The number of benzene rings is 1. The Morgan fingerprint density at radius 1 is 1.15 bits per heavy atom. The number of amides is 2. The molecule has 0 aliphatic carbocycles. The van der Waals surface area contributed by atoms with Crippen LogP contribution in [0.3, 0.4) is 0 Å². The third kappa shape index (κ3) is 4.27. The number of aromatic nitrogens is 2. The minimum atomic E-state index is -0.379. The molecule has 0 radical (unpaired) electrons. The molecule has 1 fully saturated rings. The summed E-state index contributed by atoms with van der Waals surface area (Å²) in [5.74, 6) is 0.635. The van der Waals surface area contributed by atoms with Gasteiger partial charge in [-0.3, -0.25) is 9.59 Å². The van der Waals surface area contributed by atoms with Crippen LogP contribution in [0.5, 0.6) is 0 Å². The molecule has 0 saturated carbocycles. The fourth-order valence-electron chi connectivity index (χ4n) is 3.01. The van der Waals surface area contributed by atoms with E-state index >= 15 is 0 Å². The van der Waals surface area contributed by atoms with Gasteiger partial charge < -0.3 is 10.2 Å². The van der Waals surface area contributed by atoms with Crippen LogP contribution in [-0.4, -0.2) is 39.2 Å². The Balaban J connectivity index is 1.55. The van der Waals surface area contributed by atoms with E-state index in [4.69, 9.17) is 0 Å². The van der Waals surface area contributed by atoms with Crippen LogP contribution in [-0.2, 0) is 9.59 Å². The summed E-state index contributed by atoms with van der Waals surface area (Å²) in [6.07, 6.45) is 1.36. The Kier molecular flexibility index (Phi) is 5.36. The fraction of sp³-hybridized carbons (Fsp3) is 0.474. The van der Waals surface area contributed by atoms with Gasteiger partial charge in [0.05, 0.1) is 0 Å². The second-order valence-electron chi connectivity index (χ2n) is 7.59. The highest BCUT2D eigenvalue weighted by Gasteiger charge is 2.32. The Morgan fingerprint density at radius 3 is 2.42 bits per heavy atom. The van der Waals surface area contributed by atoms with E-state index in [1.807, 2.05) is 56.0 Å². The van der Waals surface area contributed by atoms with Gasteiger partial charge in [-0.05, 0) is 12.8 Å². The molecule has 1 aromatic heterocycles. The second-order valence-corrected chi connectivity index (χ2v) is 8.35. The zero-order valence-corrected chi connectivity index (χ0v) is 16.2. The maximum atomic E-state index is 12.5. The summed E-state index contributed by atoms with van der Waals surface area (Å²) in [4.78, 5) is 31.1. The summed E-state index contributed by atoms with van der Waals surface area (Å²) in [6.45, 7) is 7.02. The molecule has 1 N–H and O–H groups in total. The molecule has 2 heterocycles. The van der Waals surface area contributed by atoms with Crippen LogP contribution < -0.4 is 5.32 Å². The molecule has 7 heteroatoms. The lowest BCUT2D eigenvalue weighted by molar-refractivity contribution is -0.142. The van der Waals surface area contributed by atoms with Crippen LogP contribution in [0, 0.1) is 11.3 Å². The molecule has 0 spiro atoms. The SMILES string of the molecule is CC(C)(C)C(=O)N1CCC(C(=O)Nc2nc(-c3ccccc3)ns2)CC1. The van der Waals surface area contributed by atoms with Crippen molar-refractivity contribution in [2.75, 3.05) is 18.4 Å². The van der Waals surface area contributed by atoms with E-state index in [0.29, 0.717) is 36.9 Å². The Hall–Kier alpha value is -2.28. The zero-order chi connectivity index (χ0) is 18.7.